The van der Waals surface area contributed by atoms with E-state index in [4.69, 9.17) is 17.3 Å². The van der Waals surface area contributed by atoms with Crippen molar-refractivity contribution in [3.63, 3.8) is 0 Å². The molecule has 1 aliphatic rings. The number of nitrogens with zero attached hydrogens (tertiary/aromatic N) is 3. The average molecular weight is 432 g/mol. The molecule has 1 aliphatic carbocycles. The fourth-order valence-corrected chi connectivity index (χ4v) is 4.28. The summed E-state index contributed by atoms with van der Waals surface area (Å²) in [5.41, 5.74) is 11.1. The number of anilines is 2. The van der Waals surface area contributed by atoms with E-state index in [0.29, 0.717) is 10.8 Å². The van der Waals surface area contributed by atoms with E-state index in [0.717, 1.165) is 51.9 Å². The summed E-state index contributed by atoms with van der Waals surface area (Å²) in [4.78, 5) is 17.6. The standard InChI is InChI=1S/C24H22ClN5O/c1-14-13-19(20-21(26)29-30(2)22(20)27-14)15-3-9-18(10-4-15)28-23(31)24(11-12-24)16-5-7-17(25)8-6-16/h3-10,13H,11-12H2,1-2H3,(H2,26,29)(H,28,31). The molecular formula is C24H22ClN5O. The second-order valence-corrected chi connectivity index (χ2v) is 8.58. The first-order valence-corrected chi connectivity index (χ1v) is 10.5. The Hall–Kier alpha value is -3.38. The number of amides is 1. The van der Waals surface area contributed by atoms with E-state index in [9.17, 15) is 4.79 Å². The number of carbonyl (C=O) groups excluding carboxylic acids is 1. The van der Waals surface area contributed by atoms with E-state index in [1.807, 2.05) is 68.6 Å². The van der Waals surface area contributed by atoms with Gasteiger partial charge < -0.3 is 11.1 Å². The van der Waals surface area contributed by atoms with Crippen molar-refractivity contribution >= 4 is 40.0 Å². The highest BCUT2D eigenvalue weighted by Gasteiger charge is 2.51. The zero-order valence-electron chi connectivity index (χ0n) is 17.3. The highest BCUT2D eigenvalue weighted by molar-refractivity contribution is 6.30. The van der Waals surface area contributed by atoms with Gasteiger partial charge in [0.25, 0.3) is 0 Å². The molecule has 0 bridgehead atoms. The molecule has 0 aliphatic heterocycles. The maximum absolute atomic E-state index is 13.0. The number of nitrogens with one attached hydrogen (secondary N) is 1. The molecule has 7 heteroatoms. The van der Waals surface area contributed by atoms with Crippen molar-refractivity contribution in [2.45, 2.75) is 25.2 Å². The minimum absolute atomic E-state index is 0.0150. The number of nitrogen functional groups attached to an aromatic ring is 1. The van der Waals surface area contributed by atoms with Crippen molar-refractivity contribution in [1.29, 1.82) is 0 Å². The molecule has 0 unspecified atom stereocenters. The predicted octanol–water partition coefficient (Wildman–Crippen LogP) is 4.85. The van der Waals surface area contributed by atoms with E-state index in [1.165, 1.54) is 0 Å². The third-order valence-electron chi connectivity index (χ3n) is 5.98. The number of nitrogens with two attached hydrogens (primary N) is 1. The molecular weight excluding hydrogens is 410 g/mol. The summed E-state index contributed by atoms with van der Waals surface area (Å²) in [6.45, 7) is 1.95. The Balaban J connectivity index is 1.42. The molecule has 1 amide bonds. The van der Waals surface area contributed by atoms with Gasteiger partial charge >= 0.3 is 0 Å². The molecule has 0 spiro atoms. The zero-order valence-corrected chi connectivity index (χ0v) is 18.1. The molecule has 31 heavy (non-hydrogen) atoms. The lowest BCUT2D eigenvalue weighted by Gasteiger charge is -2.16. The minimum Gasteiger partial charge on any atom is -0.382 e. The fourth-order valence-electron chi connectivity index (χ4n) is 4.15. The normalized spacial score (nSPS) is 14.5. The van der Waals surface area contributed by atoms with Crippen LogP contribution in [0.25, 0.3) is 22.2 Å². The van der Waals surface area contributed by atoms with Crippen LogP contribution in [0.3, 0.4) is 0 Å². The van der Waals surface area contributed by atoms with Gasteiger partial charge in [0, 0.05) is 23.5 Å². The first-order chi connectivity index (χ1) is 14.9. The van der Waals surface area contributed by atoms with Crippen molar-refractivity contribution in [2.75, 3.05) is 11.1 Å². The summed E-state index contributed by atoms with van der Waals surface area (Å²) >= 11 is 6.00. The van der Waals surface area contributed by atoms with Crippen molar-refractivity contribution in [3.05, 3.63) is 70.9 Å². The van der Waals surface area contributed by atoms with Gasteiger partial charge in [-0.15, -0.1) is 0 Å². The summed E-state index contributed by atoms with van der Waals surface area (Å²) in [6.07, 6.45) is 1.68. The van der Waals surface area contributed by atoms with Gasteiger partial charge in [0.2, 0.25) is 5.91 Å². The molecule has 6 nitrogen and oxygen atoms in total. The van der Waals surface area contributed by atoms with Crippen molar-refractivity contribution in [3.8, 4) is 11.1 Å². The third kappa shape index (κ3) is 3.33. The Bertz CT molecular complexity index is 1300. The van der Waals surface area contributed by atoms with Crippen LogP contribution in [0.15, 0.2) is 54.6 Å². The number of aromatic nitrogens is 3. The van der Waals surface area contributed by atoms with Gasteiger partial charge in [-0.2, -0.15) is 5.10 Å². The molecule has 2 aromatic carbocycles. The topological polar surface area (TPSA) is 85.8 Å². The monoisotopic (exact) mass is 431 g/mol. The van der Waals surface area contributed by atoms with Crippen LogP contribution in [0.1, 0.15) is 24.1 Å². The van der Waals surface area contributed by atoms with Crippen molar-refractivity contribution < 1.29 is 4.79 Å². The summed E-state index contributed by atoms with van der Waals surface area (Å²) < 4.78 is 1.70. The molecule has 0 atom stereocenters. The summed E-state index contributed by atoms with van der Waals surface area (Å²) in [5.74, 6) is 0.470. The minimum atomic E-state index is -0.457. The van der Waals surface area contributed by atoms with Crippen molar-refractivity contribution in [1.82, 2.24) is 14.8 Å². The van der Waals surface area contributed by atoms with E-state index in [-0.39, 0.29) is 5.91 Å². The number of carbonyl (C=O) groups is 1. The van der Waals surface area contributed by atoms with Gasteiger partial charge in [-0.3, -0.25) is 4.79 Å². The molecule has 4 aromatic rings. The smallest absolute Gasteiger partial charge is 0.235 e. The summed E-state index contributed by atoms with van der Waals surface area (Å²) in [7, 11) is 1.84. The first-order valence-electron chi connectivity index (χ1n) is 10.2. The van der Waals surface area contributed by atoms with E-state index >= 15 is 0 Å². The summed E-state index contributed by atoms with van der Waals surface area (Å²) in [6, 6.07) is 17.4. The van der Waals surface area contributed by atoms with Crippen molar-refractivity contribution in [2.24, 2.45) is 7.05 Å². The van der Waals surface area contributed by atoms with E-state index in [1.54, 1.807) is 4.68 Å². The van der Waals surface area contributed by atoms with Crippen LogP contribution in [0.2, 0.25) is 5.02 Å². The van der Waals surface area contributed by atoms with Gasteiger partial charge in [0.05, 0.1) is 10.8 Å². The number of halogens is 1. The molecule has 0 radical (unpaired) electrons. The third-order valence-corrected chi connectivity index (χ3v) is 6.24. The Morgan fingerprint density at radius 2 is 1.81 bits per heavy atom. The molecule has 2 heterocycles. The van der Waals surface area contributed by atoms with Gasteiger partial charge in [-0.05, 0) is 66.8 Å². The van der Waals surface area contributed by atoms with Crippen LogP contribution in [0.4, 0.5) is 11.5 Å². The molecule has 156 valence electrons. The van der Waals surface area contributed by atoms with Crippen LogP contribution in [0.5, 0.6) is 0 Å². The molecule has 3 N–H and O–H groups in total. The SMILES string of the molecule is Cc1cc(-c2ccc(NC(=O)C3(c4ccc(Cl)cc4)CC3)cc2)c2c(N)nn(C)c2n1. The maximum Gasteiger partial charge on any atom is 0.235 e. The van der Waals surface area contributed by atoms with Gasteiger partial charge in [0.15, 0.2) is 11.5 Å². The molecule has 2 aromatic heterocycles. The fraction of sp³-hybridized carbons (Fsp3) is 0.208. The highest BCUT2D eigenvalue weighted by atomic mass is 35.5. The number of fused-ring (bicyclic) bond motifs is 1. The number of hydrogen-bond donors (Lipinski definition) is 2. The lowest BCUT2D eigenvalue weighted by molar-refractivity contribution is -0.118. The van der Waals surface area contributed by atoms with Crippen LogP contribution < -0.4 is 11.1 Å². The quantitative estimate of drug-likeness (QED) is 0.483. The van der Waals surface area contributed by atoms with Gasteiger partial charge in [0.1, 0.15) is 0 Å². The Kier molecular flexibility index (Phi) is 4.48. The number of benzene rings is 2. The average Bonchev–Trinajstić information content (AvgIpc) is 3.51. The van der Waals surface area contributed by atoms with E-state index < -0.39 is 5.41 Å². The molecule has 1 saturated carbocycles. The Morgan fingerprint density at radius 3 is 2.45 bits per heavy atom. The Morgan fingerprint density at radius 1 is 1.13 bits per heavy atom. The van der Waals surface area contributed by atoms with Crippen LogP contribution >= 0.6 is 11.6 Å². The number of aryl methyl sites for hydroxylation is 2. The van der Waals surface area contributed by atoms with Crippen LogP contribution in [0, 0.1) is 6.92 Å². The molecule has 1 fully saturated rings. The van der Waals surface area contributed by atoms with Gasteiger partial charge in [-0.25, -0.2) is 9.67 Å². The van der Waals surface area contributed by atoms with E-state index in [2.05, 4.69) is 15.4 Å². The number of pyridine rings is 1. The lowest BCUT2D eigenvalue weighted by Crippen LogP contribution is -2.27. The second-order valence-electron chi connectivity index (χ2n) is 8.14. The largest absolute Gasteiger partial charge is 0.382 e. The number of hydrogen-bond acceptors (Lipinski definition) is 4. The first kappa shape index (κ1) is 19.6. The van der Waals surface area contributed by atoms with Gasteiger partial charge in [-0.1, -0.05) is 35.9 Å². The second kappa shape index (κ2) is 7.10. The Labute approximate surface area is 185 Å². The highest BCUT2D eigenvalue weighted by Crippen LogP contribution is 2.49. The van der Waals surface area contributed by atoms with Crippen LogP contribution in [-0.2, 0) is 17.3 Å². The zero-order chi connectivity index (χ0) is 21.8. The predicted molar refractivity (Wildman–Crippen MR) is 124 cm³/mol. The summed E-state index contributed by atoms with van der Waals surface area (Å²) in [5, 5.41) is 8.89. The molecule has 5 rings (SSSR count). The maximum atomic E-state index is 13.0. The van der Waals surface area contributed by atoms with Crippen LogP contribution in [-0.4, -0.2) is 20.7 Å². The molecule has 0 saturated heterocycles. The lowest BCUT2D eigenvalue weighted by atomic mass is 9.95. The number of rotatable bonds is 4.